The first kappa shape index (κ1) is 16.9. The summed E-state index contributed by atoms with van der Waals surface area (Å²) in [6.45, 7) is 0.948. The molecule has 2 unspecified atom stereocenters. The third-order valence-corrected chi connectivity index (χ3v) is 4.43. The van der Waals surface area contributed by atoms with Gasteiger partial charge in [0, 0.05) is 44.1 Å². The van der Waals surface area contributed by atoms with Crippen LogP contribution in [0.5, 0.6) is 0 Å². The number of likely N-dealkylation sites (N-methyl/N-ethyl adjacent to an activating group) is 1. The van der Waals surface area contributed by atoms with E-state index >= 15 is 0 Å². The van der Waals surface area contributed by atoms with Crippen molar-refractivity contribution in [3.63, 3.8) is 0 Å². The van der Waals surface area contributed by atoms with Gasteiger partial charge in [-0.2, -0.15) is 0 Å². The number of nitrogens with zero attached hydrogens (tertiary/aromatic N) is 2. The van der Waals surface area contributed by atoms with Crippen molar-refractivity contribution in [1.29, 1.82) is 0 Å². The van der Waals surface area contributed by atoms with Crippen molar-refractivity contribution in [3.05, 3.63) is 64.6 Å². The van der Waals surface area contributed by atoms with E-state index < -0.39 is 11.8 Å². The predicted molar refractivity (Wildman–Crippen MR) is 93.0 cm³/mol. The second-order valence-electron chi connectivity index (χ2n) is 6.16. The molecule has 3 N–H and O–H groups in total. The lowest BCUT2D eigenvalue weighted by atomic mass is 10.0. The van der Waals surface area contributed by atoms with Gasteiger partial charge in [0.15, 0.2) is 0 Å². The van der Waals surface area contributed by atoms with E-state index in [9.17, 15) is 14.4 Å². The molecule has 1 aliphatic rings. The Balaban J connectivity index is 1.68. The number of primary amides is 1. The average Bonchev–Trinajstić information content (AvgIpc) is 2.88. The van der Waals surface area contributed by atoms with Gasteiger partial charge in [0.25, 0.3) is 5.56 Å². The van der Waals surface area contributed by atoms with E-state index in [1.807, 2.05) is 24.3 Å². The van der Waals surface area contributed by atoms with Crippen LogP contribution in [0.2, 0.25) is 0 Å². The van der Waals surface area contributed by atoms with Crippen molar-refractivity contribution < 1.29 is 9.59 Å². The maximum absolute atomic E-state index is 12.0. The van der Waals surface area contributed by atoms with Gasteiger partial charge in [-0.05, 0) is 23.8 Å². The quantitative estimate of drug-likeness (QED) is 0.741. The SMILES string of the molecule is CN1CC(NCc2ccc(-n3ccccc3=O)cc2)C(C(N)=O)C1=O. The van der Waals surface area contributed by atoms with E-state index in [4.69, 9.17) is 5.73 Å². The average molecular weight is 340 g/mol. The maximum atomic E-state index is 12.0. The molecule has 0 radical (unpaired) electrons. The maximum Gasteiger partial charge on any atom is 0.255 e. The lowest BCUT2D eigenvalue weighted by Gasteiger charge is -2.16. The van der Waals surface area contributed by atoms with Crippen LogP contribution in [0, 0.1) is 5.92 Å². The zero-order valence-electron chi connectivity index (χ0n) is 13.9. The van der Waals surface area contributed by atoms with E-state index in [2.05, 4.69) is 5.32 Å². The Morgan fingerprint density at radius 3 is 2.56 bits per heavy atom. The van der Waals surface area contributed by atoms with Gasteiger partial charge in [-0.15, -0.1) is 0 Å². The zero-order chi connectivity index (χ0) is 18.0. The first-order valence-electron chi connectivity index (χ1n) is 8.02. The van der Waals surface area contributed by atoms with Crippen molar-refractivity contribution in [2.45, 2.75) is 12.6 Å². The largest absolute Gasteiger partial charge is 0.369 e. The summed E-state index contributed by atoms with van der Waals surface area (Å²) in [5.74, 6) is -1.68. The number of carbonyl (C=O) groups is 2. The van der Waals surface area contributed by atoms with Crippen LogP contribution in [0.4, 0.5) is 0 Å². The molecule has 1 aromatic carbocycles. The van der Waals surface area contributed by atoms with E-state index in [0.29, 0.717) is 13.1 Å². The van der Waals surface area contributed by atoms with Crippen LogP contribution < -0.4 is 16.6 Å². The summed E-state index contributed by atoms with van der Waals surface area (Å²) in [5.41, 5.74) is 7.02. The van der Waals surface area contributed by atoms with E-state index in [-0.39, 0.29) is 17.5 Å². The number of benzene rings is 1. The van der Waals surface area contributed by atoms with Crippen molar-refractivity contribution >= 4 is 11.8 Å². The molecule has 1 aromatic heterocycles. The van der Waals surface area contributed by atoms with Crippen molar-refractivity contribution in [2.24, 2.45) is 11.7 Å². The van der Waals surface area contributed by atoms with Crippen molar-refractivity contribution in [1.82, 2.24) is 14.8 Å². The Labute approximate surface area is 145 Å². The highest BCUT2D eigenvalue weighted by molar-refractivity contribution is 6.01. The van der Waals surface area contributed by atoms with Gasteiger partial charge < -0.3 is 16.0 Å². The molecule has 1 aliphatic heterocycles. The molecular weight excluding hydrogens is 320 g/mol. The Hall–Kier alpha value is -2.93. The molecule has 1 fully saturated rings. The molecule has 2 aromatic rings. The van der Waals surface area contributed by atoms with Crippen LogP contribution in [0.25, 0.3) is 5.69 Å². The Morgan fingerprint density at radius 1 is 1.20 bits per heavy atom. The minimum Gasteiger partial charge on any atom is -0.369 e. The Kier molecular flexibility index (Phi) is 4.67. The summed E-state index contributed by atoms with van der Waals surface area (Å²) >= 11 is 0. The van der Waals surface area contributed by atoms with Gasteiger partial charge in [0.2, 0.25) is 11.8 Å². The molecule has 130 valence electrons. The van der Waals surface area contributed by atoms with E-state index in [1.165, 1.54) is 11.0 Å². The number of carbonyl (C=O) groups excluding carboxylic acids is 2. The molecule has 0 spiro atoms. The molecular formula is C18H20N4O3. The standard InChI is InChI=1S/C18H20N4O3/c1-21-11-14(16(17(19)24)18(21)25)20-10-12-5-7-13(8-6-12)22-9-3-2-4-15(22)23/h2-9,14,16,20H,10-11H2,1H3,(H2,19,24). The van der Waals surface area contributed by atoms with Crippen LogP contribution >= 0.6 is 0 Å². The third kappa shape index (κ3) is 3.46. The topological polar surface area (TPSA) is 97.4 Å². The van der Waals surface area contributed by atoms with Gasteiger partial charge in [-0.1, -0.05) is 18.2 Å². The summed E-state index contributed by atoms with van der Waals surface area (Å²) in [6, 6.07) is 12.2. The highest BCUT2D eigenvalue weighted by Gasteiger charge is 2.42. The number of nitrogens with one attached hydrogen (secondary N) is 1. The summed E-state index contributed by atoms with van der Waals surface area (Å²) in [4.78, 5) is 36.8. The van der Waals surface area contributed by atoms with Gasteiger partial charge in [-0.3, -0.25) is 19.0 Å². The second-order valence-corrected chi connectivity index (χ2v) is 6.16. The normalized spacial score (nSPS) is 20.0. The molecule has 3 rings (SSSR count). The van der Waals surface area contributed by atoms with Crippen LogP contribution in [0.3, 0.4) is 0 Å². The number of hydrogen-bond donors (Lipinski definition) is 2. The highest BCUT2D eigenvalue weighted by atomic mass is 16.2. The number of pyridine rings is 1. The lowest BCUT2D eigenvalue weighted by Crippen LogP contribution is -2.42. The molecule has 2 heterocycles. The molecule has 0 bridgehead atoms. The fourth-order valence-electron chi connectivity index (χ4n) is 3.07. The molecule has 7 nitrogen and oxygen atoms in total. The van der Waals surface area contributed by atoms with Crippen molar-refractivity contribution in [2.75, 3.05) is 13.6 Å². The van der Waals surface area contributed by atoms with Gasteiger partial charge in [-0.25, -0.2) is 0 Å². The minimum absolute atomic E-state index is 0.0924. The molecule has 0 saturated carbocycles. The highest BCUT2D eigenvalue weighted by Crippen LogP contribution is 2.18. The molecule has 0 aliphatic carbocycles. The van der Waals surface area contributed by atoms with Crippen LogP contribution in [-0.2, 0) is 16.1 Å². The van der Waals surface area contributed by atoms with Gasteiger partial charge in [0.1, 0.15) is 5.92 Å². The molecule has 2 amide bonds. The fourth-order valence-corrected chi connectivity index (χ4v) is 3.07. The van der Waals surface area contributed by atoms with Crippen LogP contribution in [-0.4, -0.2) is 40.9 Å². The molecule has 7 heteroatoms. The monoisotopic (exact) mass is 340 g/mol. The second kappa shape index (κ2) is 6.90. The Morgan fingerprint density at radius 2 is 1.92 bits per heavy atom. The predicted octanol–water partition coefficient (Wildman–Crippen LogP) is -0.131. The van der Waals surface area contributed by atoms with E-state index in [0.717, 1.165) is 11.3 Å². The van der Waals surface area contributed by atoms with Gasteiger partial charge in [0.05, 0.1) is 0 Å². The summed E-state index contributed by atoms with van der Waals surface area (Å²) in [7, 11) is 1.66. The first-order chi connectivity index (χ1) is 12.0. The number of nitrogens with two attached hydrogens (primary N) is 1. The molecule has 25 heavy (non-hydrogen) atoms. The fraction of sp³-hybridized carbons (Fsp3) is 0.278. The van der Waals surface area contributed by atoms with E-state index in [1.54, 1.807) is 29.9 Å². The molecule has 2 atom stereocenters. The van der Waals surface area contributed by atoms with Gasteiger partial charge >= 0.3 is 0 Å². The molecule has 1 saturated heterocycles. The minimum atomic E-state index is -0.827. The number of likely N-dealkylation sites (tertiary alicyclic amines) is 1. The number of amides is 2. The number of rotatable bonds is 5. The number of hydrogen-bond acceptors (Lipinski definition) is 4. The zero-order valence-corrected chi connectivity index (χ0v) is 13.9. The summed E-state index contributed by atoms with van der Waals surface area (Å²) in [5, 5.41) is 3.23. The Bertz CT molecular complexity index is 844. The summed E-state index contributed by atoms with van der Waals surface area (Å²) < 4.78 is 1.56. The van der Waals surface area contributed by atoms with Crippen LogP contribution in [0.15, 0.2) is 53.5 Å². The first-order valence-corrected chi connectivity index (χ1v) is 8.02. The third-order valence-electron chi connectivity index (χ3n) is 4.43. The number of aromatic nitrogens is 1. The lowest BCUT2D eigenvalue weighted by molar-refractivity contribution is -0.136. The smallest absolute Gasteiger partial charge is 0.255 e. The van der Waals surface area contributed by atoms with Crippen LogP contribution in [0.1, 0.15) is 5.56 Å². The summed E-state index contributed by atoms with van der Waals surface area (Å²) in [6.07, 6.45) is 1.72. The van der Waals surface area contributed by atoms with Crippen molar-refractivity contribution in [3.8, 4) is 5.69 Å².